The zero-order chi connectivity index (χ0) is 11.0. The number of nitrogens with two attached hydrogens (primary N) is 2. The molecule has 0 fully saturated rings. The second-order valence-corrected chi connectivity index (χ2v) is 3.32. The molecule has 0 aliphatic heterocycles. The van der Waals surface area contributed by atoms with Gasteiger partial charge in [0.1, 0.15) is 0 Å². The van der Waals surface area contributed by atoms with E-state index in [0.29, 0.717) is 13.0 Å². The molecule has 0 rings (SSSR count). The molecule has 0 aliphatic carbocycles. The molecule has 2 amide bonds. The molecule has 5 N–H and O–H groups in total. The molecule has 82 valence electrons. The molecule has 0 bridgehead atoms. The smallest absolute Gasteiger partial charge is 0.221 e. The summed E-state index contributed by atoms with van der Waals surface area (Å²) in [5.74, 6) is -0.532. The quantitative estimate of drug-likeness (QED) is 0.517. The third kappa shape index (κ3) is 7.54. The monoisotopic (exact) mass is 201 g/mol. The summed E-state index contributed by atoms with van der Waals surface area (Å²) in [7, 11) is 0. The Hall–Kier alpha value is -1.10. The van der Waals surface area contributed by atoms with Gasteiger partial charge in [0.2, 0.25) is 11.8 Å². The van der Waals surface area contributed by atoms with Crippen molar-refractivity contribution in [3.8, 4) is 0 Å². The van der Waals surface area contributed by atoms with E-state index >= 15 is 0 Å². The molecule has 1 unspecified atom stereocenters. The van der Waals surface area contributed by atoms with Gasteiger partial charge in [0.05, 0.1) is 0 Å². The minimum atomic E-state index is -0.414. The summed E-state index contributed by atoms with van der Waals surface area (Å²) in [6.45, 7) is 2.32. The molecule has 0 aromatic carbocycles. The average Bonchev–Trinajstić information content (AvgIpc) is 2.03. The first-order valence-electron chi connectivity index (χ1n) is 4.86. The van der Waals surface area contributed by atoms with Gasteiger partial charge in [-0.2, -0.15) is 0 Å². The summed E-state index contributed by atoms with van der Waals surface area (Å²) in [5.41, 5.74) is 10.6. The summed E-state index contributed by atoms with van der Waals surface area (Å²) in [5, 5.41) is 2.58. The van der Waals surface area contributed by atoms with E-state index < -0.39 is 5.91 Å². The second-order valence-electron chi connectivity index (χ2n) is 3.32. The molecule has 0 saturated heterocycles. The SMILES string of the molecule is CCCC(N)CC(=O)NCCC(N)=O. The second kappa shape index (κ2) is 7.32. The number of primary amides is 1. The molecule has 1 atom stereocenters. The van der Waals surface area contributed by atoms with E-state index in [1.807, 2.05) is 6.92 Å². The van der Waals surface area contributed by atoms with Crippen LogP contribution in [0.2, 0.25) is 0 Å². The maximum absolute atomic E-state index is 11.2. The molecule has 5 nitrogen and oxygen atoms in total. The highest BCUT2D eigenvalue weighted by molar-refractivity contribution is 5.78. The average molecular weight is 201 g/mol. The van der Waals surface area contributed by atoms with Gasteiger partial charge in [-0.15, -0.1) is 0 Å². The van der Waals surface area contributed by atoms with Crippen molar-refractivity contribution in [3.63, 3.8) is 0 Å². The van der Waals surface area contributed by atoms with Crippen LogP contribution in [0, 0.1) is 0 Å². The number of carbonyl (C=O) groups excluding carboxylic acids is 2. The molecule has 0 saturated carbocycles. The van der Waals surface area contributed by atoms with E-state index in [-0.39, 0.29) is 18.4 Å². The molecular weight excluding hydrogens is 182 g/mol. The van der Waals surface area contributed by atoms with Crippen molar-refractivity contribution in [1.29, 1.82) is 0 Å². The Labute approximate surface area is 84.2 Å². The van der Waals surface area contributed by atoms with Gasteiger partial charge >= 0.3 is 0 Å². The van der Waals surface area contributed by atoms with Gasteiger partial charge in [0.25, 0.3) is 0 Å². The lowest BCUT2D eigenvalue weighted by molar-refractivity contribution is -0.121. The van der Waals surface area contributed by atoms with E-state index in [4.69, 9.17) is 11.5 Å². The zero-order valence-corrected chi connectivity index (χ0v) is 8.58. The Bertz CT molecular complexity index is 194. The lowest BCUT2D eigenvalue weighted by Crippen LogP contribution is -2.33. The van der Waals surface area contributed by atoms with Crippen LogP contribution in [0.1, 0.15) is 32.6 Å². The van der Waals surface area contributed by atoms with Crippen molar-refractivity contribution in [1.82, 2.24) is 5.32 Å². The highest BCUT2D eigenvalue weighted by atomic mass is 16.2. The van der Waals surface area contributed by atoms with Crippen molar-refractivity contribution in [2.24, 2.45) is 11.5 Å². The van der Waals surface area contributed by atoms with Gasteiger partial charge < -0.3 is 16.8 Å². The number of nitrogens with one attached hydrogen (secondary N) is 1. The van der Waals surface area contributed by atoms with E-state index in [2.05, 4.69) is 5.32 Å². The third-order valence-corrected chi connectivity index (χ3v) is 1.80. The summed E-state index contributed by atoms with van der Waals surface area (Å²) in [4.78, 5) is 21.5. The number of amides is 2. The van der Waals surface area contributed by atoms with Crippen LogP contribution in [0.3, 0.4) is 0 Å². The van der Waals surface area contributed by atoms with Crippen molar-refractivity contribution in [3.05, 3.63) is 0 Å². The summed E-state index contributed by atoms with van der Waals surface area (Å²) >= 11 is 0. The summed E-state index contributed by atoms with van der Waals surface area (Å²) in [6, 6.07) is -0.0893. The van der Waals surface area contributed by atoms with E-state index in [0.717, 1.165) is 12.8 Å². The van der Waals surface area contributed by atoms with Crippen LogP contribution >= 0.6 is 0 Å². The number of hydrogen-bond donors (Lipinski definition) is 3. The van der Waals surface area contributed by atoms with Crippen molar-refractivity contribution >= 4 is 11.8 Å². The van der Waals surface area contributed by atoms with Crippen LogP contribution < -0.4 is 16.8 Å². The normalized spacial score (nSPS) is 12.1. The summed E-state index contributed by atoms with van der Waals surface area (Å²) < 4.78 is 0. The fourth-order valence-corrected chi connectivity index (χ4v) is 1.11. The van der Waals surface area contributed by atoms with Gasteiger partial charge in [0, 0.05) is 25.4 Å². The lowest BCUT2D eigenvalue weighted by Gasteiger charge is -2.09. The van der Waals surface area contributed by atoms with Gasteiger partial charge in [0.15, 0.2) is 0 Å². The molecule has 0 heterocycles. The van der Waals surface area contributed by atoms with Crippen LogP contribution in [-0.4, -0.2) is 24.4 Å². The Kier molecular flexibility index (Phi) is 6.74. The van der Waals surface area contributed by atoms with Crippen LogP contribution in [0.15, 0.2) is 0 Å². The maximum atomic E-state index is 11.2. The molecule has 0 aliphatic rings. The highest BCUT2D eigenvalue weighted by Gasteiger charge is 2.07. The van der Waals surface area contributed by atoms with Crippen LogP contribution in [0.25, 0.3) is 0 Å². The largest absolute Gasteiger partial charge is 0.370 e. The number of hydrogen-bond acceptors (Lipinski definition) is 3. The van der Waals surface area contributed by atoms with Crippen LogP contribution in [0.4, 0.5) is 0 Å². The fourth-order valence-electron chi connectivity index (χ4n) is 1.11. The molecule has 0 spiro atoms. The standard InChI is InChI=1S/C9H19N3O2/c1-2-3-7(10)6-9(14)12-5-4-8(11)13/h7H,2-6,10H2,1H3,(H2,11,13)(H,12,14). The Morgan fingerprint density at radius 1 is 1.43 bits per heavy atom. The molecule has 0 aromatic rings. The van der Waals surface area contributed by atoms with E-state index in [1.54, 1.807) is 0 Å². The van der Waals surface area contributed by atoms with Crippen molar-refractivity contribution in [2.75, 3.05) is 6.54 Å². The predicted octanol–water partition coefficient (Wildman–Crippen LogP) is -0.504. The molecule has 0 radical (unpaired) electrons. The maximum Gasteiger partial charge on any atom is 0.221 e. The van der Waals surface area contributed by atoms with Crippen molar-refractivity contribution in [2.45, 2.75) is 38.6 Å². The van der Waals surface area contributed by atoms with Gasteiger partial charge in [-0.1, -0.05) is 13.3 Å². The first-order valence-corrected chi connectivity index (χ1v) is 4.86. The molecule has 5 heteroatoms. The van der Waals surface area contributed by atoms with Gasteiger partial charge in [-0.3, -0.25) is 9.59 Å². The summed E-state index contributed by atoms with van der Waals surface area (Å²) in [6.07, 6.45) is 2.29. The minimum Gasteiger partial charge on any atom is -0.370 e. The van der Waals surface area contributed by atoms with Crippen molar-refractivity contribution < 1.29 is 9.59 Å². The van der Waals surface area contributed by atoms with Crippen LogP contribution in [0.5, 0.6) is 0 Å². The Balaban J connectivity index is 3.50. The first kappa shape index (κ1) is 12.9. The van der Waals surface area contributed by atoms with Crippen LogP contribution in [-0.2, 0) is 9.59 Å². The zero-order valence-electron chi connectivity index (χ0n) is 8.58. The highest BCUT2D eigenvalue weighted by Crippen LogP contribution is 1.97. The molecule has 14 heavy (non-hydrogen) atoms. The third-order valence-electron chi connectivity index (χ3n) is 1.80. The first-order chi connectivity index (χ1) is 6.56. The topological polar surface area (TPSA) is 98.2 Å². The Morgan fingerprint density at radius 2 is 2.07 bits per heavy atom. The van der Waals surface area contributed by atoms with Gasteiger partial charge in [-0.05, 0) is 6.42 Å². The van der Waals surface area contributed by atoms with Gasteiger partial charge in [-0.25, -0.2) is 0 Å². The fraction of sp³-hybridized carbons (Fsp3) is 0.778. The lowest BCUT2D eigenvalue weighted by atomic mass is 10.1. The number of rotatable bonds is 7. The van der Waals surface area contributed by atoms with E-state index in [9.17, 15) is 9.59 Å². The molecule has 0 aromatic heterocycles. The minimum absolute atomic E-state index is 0.0893. The number of carbonyl (C=O) groups is 2. The Morgan fingerprint density at radius 3 is 2.57 bits per heavy atom. The molecular formula is C9H19N3O2. The predicted molar refractivity (Wildman–Crippen MR) is 54.3 cm³/mol. The van der Waals surface area contributed by atoms with E-state index in [1.165, 1.54) is 0 Å².